The maximum atomic E-state index is 6.10. The average Bonchev–Trinajstić information content (AvgIpc) is 3.02. The normalized spacial score (nSPS) is 12.7. The Labute approximate surface area is 143 Å². The monoisotopic (exact) mass is 350 g/mol. The van der Waals surface area contributed by atoms with Gasteiger partial charge in [-0.05, 0) is 43.5 Å². The third-order valence-electron chi connectivity index (χ3n) is 3.70. The highest BCUT2D eigenvalue weighted by molar-refractivity contribution is 7.19. The minimum Gasteiger partial charge on any atom is -0.363 e. The molecular weight excluding hydrogens is 332 g/mol. The number of rotatable bonds is 5. The van der Waals surface area contributed by atoms with Crippen molar-refractivity contribution in [3.8, 4) is 0 Å². The van der Waals surface area contributed by atoms with Crippen molar-refractivity contribution >= 4 is 39.0 Å². The van der Waals surface area contributed by atoms with Gasteiger partial charge in [-0.3, -0.25) is 4.68 Å². The Bertz CT molecular complexity index is 838. The van der Waals surface area contributed by atoms with E-state index in [9.17, 15) is 0 Å². The first kappa shape index (κ1) is 16.2. The summed E-state index contributed by atoms with van der Waals surface area (Å²) in [6.45, 7) is 4.69. The molecule has 0 spiro atoms. The van der Waals surface area contributed by atoms with Gasteiger partial charge in [0.15, 0.2) is 0 Å². The maximum absolute atomic E-state index is 6.10. The SMILES string of the molecule is Cc1c(C[C@H](C)N)sc2c(NCc3ccnn3C)nc(Cl)nc12. The zero-order valence-corrected chi connectivity index (χ0v) is 14.9. The lowest BCUT2D eigenvalue weighted by molar-refractivity contribution is 0.720. The molecule has 3 heterocycles. The van der Waals surface area contributed by atoms with Crippen LogP contribution in [0.25, 0.3) is 10.2 Å². The van der Waals surface area contributed by atoms with Crippen molar-refractivity contribution in [2.24, 2.45) is 12.8 Å². The Morgan fingerprint density at radius 1 is 1.43 bits per heavy atom. The van der Waals surface area contributed by atoms with Gasteiger partial charge in [-0.2, -0.15) is 10.1 Å². The summed E-state index contributed by atoms with van der Waals surface area (Å²) < 4.78 is 2.85. The summed E-state index contributed by atoms with van der Waals surface area (Å²) in [7, 11) is 1.91. The molecule has 8 heteroatoms. The highest BCUT2D eigenvalue weighted by Crippen LogP contribution is 2.35. The van der Waals surface area contributed by atoms with Crippen LogP contribution in [0.5, 0.6) is 0 Å². The van der Waals surface area contributed by atoms with Gasteiger partial charge in [-0.1, -0.05) is 0 Å². The number of nitrogens with zero attached hydrogens (tertiary/aromatic N) is 4. The largest absolute Gasteiger partial charge is 0.363 e. The molecule has 23 heavy (non-hydrogen) atoms. The fourth-order valence-corrected chi connectivity index (χ4v) is 3.98. The van der Waals surface area contributed by atoms with Gasteiger partial charge < -0.3 is 11.1 Å². The van der Waals surface area contributed by atoms with Crippen LogP contribution < -0.4 is 11.1 Å². The van der Waals surface area contributed by atoms with Crippen LogP contribution in [-0.4, -0.2) is 25.8 Å². The van der Waals surface area contributed by atoms with E-state index in [1.807, 2.05) is 24.7 Å². The molecule has 0 saturated carbocycles. The molecule has 0 aliphatic heterocycles. The molecule has 3 rings (SSSR count). The lowest BCUT2D eigenvalue weighted by Gasteiger charge is -2.07. The van der Waals surface area contributed by atoms with Gasteiger partial charge in [0, 0.05) is 24.2 Å². The Morgan fingerprint density at radius 3 is 2.87 bits per heavy atom. The number of hydrogen-bond donors (Lipinski definition) is 2. The Kier molecular flexibility index (Phi) is 4.52. The van der Waals surface area contributed by atoms with Crippen LogP contribution in [0, 0.1) is 6.92 Å². The molecule has 3 N–H and O–H groups in total. The first-order valence-corrected chi connectivity index (χ1v) is 8.57. The summed E-state index contributed by atoms with van der Waals surface area (Å²) in [6, 6.07) is 2.07. The van der Waals surface area contributed by atoms with E-state index < -0.39 is 0 Å². The quantitative estimate of drug-likeness (QED) is 0.691. The Hall–Kier alpha value is -1.70. The molecule has 3 aromatic heterocycles. The van der Waals surface area contributed by atoms with Crippen LogP contribution in [0.2, 0.25) is 5.28 Å². The van der Waals surface area contributed by atoms with Crippen LogP contribution in [0.4, 0.5) is 5.82 Å². The molecule has 0 aromatic carbocycles. The van der Waals surface area contributed by atoms with Crippen LogP contribution in [0.15, 0.2) is 12.3 Å². The van der Waals surface area contributed by atoms with Crippen molar-refractivity contribution in [2.75, 3.05) is 5.32 Å². The molecule has 0 bridgehead atoms. The fourth-order valence-electron chi connectivity index (χ4n) is 2.46. The minimum absolute atomic E-state index is 0.107. The van der Waals surface area contributed by atoms with Gasteiger partial charge in [0.25, 0.3) is 0 Å². The third-order valence-corrected chi connectivity index (χ3v) is 5.18. The third kappa shape index (κ3) is 3.31. The van der Waals surface area contributed by atoms with Gasteiger partial charge in [0.05, 0.1) is 22.5 Å². The van der Waals surface area contributed by atoms with Gasteiger partial charge in [-0.25, -0.2) is 4.98 Å². The number of thiophene rings is 1. The number of anilines is 1. The summed E-state index contributed by atoms with van der Waals surface area (Å²) in [5.41, 5.74) is 9.04. The van der Waals surface area contributed by atoms with Crippen molar-refractivity contribution < 1.29 is 0 Å². The zero-order valence-electron chi connectivity index (χ0n) is 13.3. The van der Waals surface area contributed by atoms with Crippen LogP contribution in [0.3, 0.4) is 0 Å². The van der Waals surface area contributed by atoms with Crippen LogP contribution in [-0.2, 0) is 20.0 Å². The van der Waals surface area contributed by atoms with E-state index in [-0.39, 0.29) is 11.3 Å². The first-order valence-electron chi connectivity index (χ1n) is 7.37. The van der Waals surface area contributed by atoms with Gasteiger partial charge in [0.2, 0.25) is 5.28 Å². The molecule has 0 aliphatic carbocycles. The van der Waals surface area contributed by atoms with Crippen LogP contribution in [0.1, 0.15) is 23.1 Å². The number of nitrogens with one attached hydrogen (secondary N) is 1. The molecule has 0 saturated heterocycles. The molecule has 3 aromatic rings. The molecule has 0 radical (unpaired) electrons. The van der Waals surface area contributed by atoms with E-state index in [1.54, 1.807) is 17.5 Å². The van der Waals surface area contributed by atoms with E-state index in [0.29, 0.717) is 6.54 Å². The number of aryl methyl sites for hydroxylation is 2. The van der Waals surface area contributed by atoms with Gasteiger partial charge in [-0.15, -0.1) is 11.3 Å². The molecule has 0 unspecified atom stereocenters. The molecule has 0 aliphatic rings. The molecular formula is C15H19ClN6S. The molecule has 0 fully saturated rings. The Balaban J connectivity index is 1.97. The predicted molar refractivity (Wildman–Crippen MR) is 95.1 cm³/mol. The van der Waals surface area contributed by atoms with E-state index in [1.165, 1.54) is 4.88 Å². The Morgan fingerprint density at radius 2 is 2.22 bits per heavy atom. The second-order valence-electron chi connectivity index (χ2n) is 5.65. The maximum Gasteiger partial charge on any atom is 0.224 e. The van der Waals surface area contributed by atoms with Crippen molar-refractivity contribution in [1.29, 1.82) is 0 Å². The second-order valence-corrected chi connectivity index (χ2v) is 7.09. The number of nitrogens with two attached hydrogens (primary N) is 1. The van der Waals surface area contributed by atoms with Gasteiger partial charge >= 0.3 is 0 Å². The summed E-state index contributed by atoms with van der Waals surface area (Å²) in [5, 5.41) is 7.76. The van der Waals surface area contributed by atoms with Gasteiger partial charge in [0.1, 0.15) is 5.82 Å². The minimum atomic E-state index is 0.107. The van der Waals surface area contributed by atoms with Crippen molar-refractivity contribution in [1.82, 2.24) is 19.7 Å². The van der Waals surface area contributed by atoms with Crippen molar-refractivity contribution in [2.45, 2.75) is 32.9 Å². The highest BCUT2D eigenvalue weighted by atomic mass is 35.5. The first-order chi connectivity index (χ1) is 11.0. The van der Waals surface area contributed by atoms with Crippen molar-refractivity contribution in [3.63, 3.8) is 0 Å². The number of aromatic nitrogens is 4. The standard InChI is InChI=1S/C15H19ClN6S/c1-8(17)6-11-9(2)12-13(23-11)14(21-15(16)20-12)18-7-10-4-5-19-22(10)3/h4-5,8H,6-7,17H2,1-3H3,(H,18,20,21)/t8-/m0/s1. The number of halogens is 1. The summed E-state index contributed by atoms with van der Waals surface area (Å²) in [4.78, 5) is 9.98. The summed E-state index contributed by atoms with van der Waals surface area (Å²) in [6.07, 6.45) is 2.60. The summed E-state index contributed by atoms with van der Waals surface area (Å²) >= 11 is 7.78. The molecule has 122 valence electrons. The highest BCUT2D eigenvalue weighted by Gasteiger charge is 2.16. The molecule has 0 amide bonds. The predicted octanol–water partition coefficient (Wildman–Crippen LogP) is 2.89. The summed E-state index contributed by atoms with van der Waals surface area (Å²) in [5.74, 6) is 0.755. The van der Waals surface area contributed by atoms with E-state index >= 15 is 0 Å². The van der Waals surface area contributed by atoms with E-state index in [0.717, 1.165) is 33.7 Å². The lowest BCUT2D eigenvalue weighted by atomic mass is 10.1. The van der Waals surface area contributed by atoms with Crippen molar-refractivity contribution in [3.05, 3.63) is 33.7 Å². The smallest absolute Gasteiger partial charge is 0.224 e. The van der Waals surface area contributed by atoms with E-state index in [2.05, 4.69) is 27.3 Å². The number of fused-ring (bicyclic) bond motifs is 1. The fraction of sp³-hybridized carbons (Fsp3) is 0.400. The topological polar surface area (TPSA) is 81.6 Å². The second kappa shape index (κ2) is 6.43. The van der Waals surface area contributed by atoms with Crippen LogP contribution >= 0.6 is 22.9 Å². The number of hydrogen-bond acceptors (Lipinski definition) is 6. The zero-order chi connectivity index (χ0) is 16.6. The lowest BCUT2D eigenvalue weighted by Crippen LogP contribution is -2.17. The average molecular weight is 351 g/mol. The molecule has 6 nitrogen and oxygen atoms in total. The van der Waals surface area contributed by atoms with E-state index in [4.69, 9.17) is 17.3 Å². The molecule has 1 atom stereocenters.